The Balaban J connectivity index is 1.87. The second-order valence-corrected chi connectivity index (χ2v) is 4.95. The van der Waals surface area contributed by atoms with E-state index in [1.807, 2.05) is 31.2 Å². The third kappa shape index (κ3) is 3.55. The summed E-state index contributed by atoms with van der Waals surface area (Å²) >= 11 is 0. The van der Waals surface area contributed by atoms with Crippen molar-refractivity contribution in [3.05, 3.63) is 29.8 Å². The van der Waals surface area contributed by atoms with Crippen molar-refractivity contribution in [3.8, 4) is 0 Å². The summed E-state index contributed by atoms with van der Waals surface area (Å²) in [6, 6.07) is 8.32. The van der Waals surface area contributed by atoms with Crippen molar-refractivity contribution in [2.75, 3.05) is 31.5 Å². The molecule has 4 heteroatoms. The van der Waals surface area contributed by atoms with Crippen LogP contribution in [0.5, 0.6) is 0 Å². The molecule has 4 nitrogen and oxygen atoms in total. The van der Waals surface area contributed by atoms with Crippen LogP contribution in [0.15, 0.2) is 24.3 Å². The minimum Gasteiger partial charge on any atom is -0.325 e. The smallest absolute Gasteiger partial charge is 0.238 e. The molecule has 2 rings (SSSR count). The molecule has 0 unspecified atom stereocenters. The fourth-order valence-corrected chi connectivity index (χ4v) is 2.26. The molecule has 1 fully saturated rings. The number of nitrogens with one attached hydrogen (secondary N) is 2. The van der Waals surface area contributed by atoms with E-state index in [2.05, 4.69) is 22.5 Å². The second kappa shape index (κ2) is 5.98. The highest BCUT2D eigenvalue weighted by atomic mass is 16.2. The molecule has 0 bridgehead atoms. The summed E-state index contributed by atoms with van der Waals surface area (Å²) in [6.07, 6.45) is 0. The van der Waals surface area contributed by atoms with Crippen LogP contribution >= 0.6 is 0 Å². The molecule has 2 N–H and O–H groups in total. The van der Waals surface area contributed by atoms with Crippen LogP contribution in [0.3, 0.4) is 0 Å². The van der Waals surface area contributed by atoms with E-state index in [1.54, 1.807) is 0 Å². The van der Waals surface area contributed by atoms with Crippen LogP contribution in [0.2, 0.25) is 0 Å². The summed E-state index contributed by atoms with van der Waals surface area (Å²) in [5, 5.41) is 6.34. The Kier molecular flexibility index (Phi) is 4.33. The Morgan fingerprint density at radius 2 is 2.28 bits per heavy atom. The van der Waals surface area contributed by atoms with Crippen molar-refractivity contribution in [1.82, 2.24) is 10.2 Å². The largest absolute Gasteiger partial charge is 0.325 e. The van der Waals surface area contributed by atoms with E-state index in [4.69, 9.17) is 0 Å². The molecule has 1 saturated heterocycles. The normalized spacial score (nSPS) is 20.7. The van der Waals surface area contributed by atoms with E-state index in [9.17, 15) is 4.79 Å². The van der Waals surface area contributed by atoms with Gasteiger partial charge in [-0.1, -0.05) is 18.2 Å². The number of carbonyl (C=O) groups excluding carboxylic acids is 1. The van der Waals surface area contributed by atoms with Gasteiger partial charge in [-0.2, -0.15) is 0 Å². The number of nitrogens with zero attached hydrogens (tertiary/aromatic N) is 1. The zero-order valence-electron chi connectivity index (χ0n) is 11.1. The summed E-state index contributed by atoms with van der Waals surface area (Å²) < 4.78 is 0. The van der Waals surface area contributed by atoms with Crippen LogP contribution in [-0.2, 0) is 4.79 Å². The molecule has 0 spiro atoms. The van der Waals surface area contributed by atoms with Gasteiger partial charge in [-0.15, -0.1) is 0 Å². The number of amides is 1. The number of hydrogen-bond acceptors (Lipinski definition) is 3. The number of para-hydroxylation sites is 1. The number of anilines is 1. The first-order valence-corrected chi connectivity index (χ1v) is 6.46. The Bertz CT molecular complexity index is 419. The Morgan fingerprint density at radius 1 is 1.50 bits per heavy atom. The van der Waals surface area contributed by atoms with Gasteiger partial charge in [0.1, 0.15) is 0 Å². The number of piperazine rings is 1. The Labute approximate surface area is 108 Å². The molecule has 1 aliphatic heterocycles. The van der Waals surface area contributed by atoms with Gasteiger partial charge in [-0.25, -0.2) is 0 Å². The first kappa shape index (κ1) is 13.1. The summed E-state index contributed by atoms with van der Waals surface area (Å²) in [7, 11) is 0. The standard InChI is InChI=1S/C14H21N3O/c1-11-5-3-4-6-13(11)16-14(18)10-17-8-7-15-12(2)9-17/h3-6,12,15H,7-10H2,1-2H3,(H,16,18)/t12-/m0/s1. The van der Waals surface area contributed by atoms with Crippen LogP contribution in [0.1, 0.15) is 12.5 Å². The van der Waals surface area contributed by atoms with E-state index >= 15 is 0 Å². The zero-order chi connectivity index (χ0) is 13.0. The van der Waals surface area contributed by atoms with Gasteiger partial charge >= 0.3 is 0 Å². The predicted molar refractivity (Wildman–Crippen MR) is 73.7 cm³/mol. The van der Waals surface area contributed by atoms with Crippen LogP contribution in [0.25, 0.3) is 0 Å². The molecular formula is C14H21N3O. The average Bonchev–Trinajstić information content (AvgIpc) is 2.32. The number of rotatable bonds is 3. The van der Waals surface area contributed by atoms with Crippen molar-refractivity contribution < 1.29 is 4.79 Å². The maximum atomic E-state index is 12.0. The molecule has 1 atom stereocenters. The van der Waals surface area contributed by atoms with Crippen molar-refractivity contribution in [3.63, 3.8) is 0 Å². The summed E-state index contributed by atoms with van der Waals surface area (Å²) in [5.41, 5.74) is 2.00. The van der Waals surface area contributed by atoms with Crippen molar-refractivity contribution in [2.24, 2.45) is 0 Å². The van der Waals surface area contributed by atoms with E-state index in [0.29, 0.717) is 12.6 Å². The Hall–Kier alpha value is -1.39. The lowest BCUT2D eigenvalue weighted by Gasteiger charge is -2.31. The van der Waals surface area contributed by atoms with Crippen LogP contribution < -0.4 is 10.6 Å². The average molecular weight is 247 g/mol. The van der Waals surface area contributed by atoms with Gasteiger partial charge in [0.2, 0.25) is 5.91 Å². The summed E-state index contributed by atoms with van der Waals surface area (Å²) in [5.74, 6) is 0.0680. The lowest BCUT2D eigenvalue weighted by atomic mass is 10.2. The molecule has 98 valence electrons. The lowest BCUT2D eigenvalue weighted by molar-refractivity contribution is -0.117. The fourth-order valence-electron chi connectivity index (χ4n) is 2.26. The predicted octanol–water partition coefficient (Wildman–Crippen LogP) is 1.23. The van der Waals surface area contributed by atoms with Crippen molar-refractivity contribution in [1.29, 1.82) is 0 Å². The molecule has 1 aliphatic rings. The number of hydrogen-bond donors (Lipinski definition) is 2. The van der Waals surface area contributed by atoms with Gasteiger partial charge in [0.15, 0.2) is 0 Å². The fraction of sp³-hybridized carbons (Fsp3) is 0.500. The number of carbonyl (C=O) groups is 1. The quantitative estimate of drug-likeness (QED) is 0.844. The molecular weight excluding hydrogens is 226 g/mol. The van der Waals surface area contributed by atoms with Gasteiger partial charge in [-0.3, -0.25) is 9.69 Å². The first-order chi connectivity index (χ1) is 8.65. The van der Waals surface area contributed by atoms with E-state index in [0.717, 1.165) is 30.9 Å². The first-order valence-electron chi connectivity index (χ1n) is 6.46. The molecule has 0 radical (unpaired) electrons. The van der Waals surface area contributed by atoms with Crippen molar-refractivity contribution >= 4 is 11.6 Å². The third-order valence-corrected chi connectivity index (χ3v) is 3.24. The van der Waals surface area contributed by atoms with Gasteiger partial charge in [0.05, 0.1) is 6.54 Å². The van der Waals surface area contributed by atoms with Gasteiger partial charge < -0.3 is 10.6 Å². The minimum atomic E-state index is 0.0680. The minimum absolute atomic E-state index is 0.0680. The van der Waals surface area contributed by atoms with E-state index < -0.39 is 0 Å². The van der Waals surface area contributed by atoms with Crippen LogP contribution in [0.4, 0.5) is 5.69 Å². The maximum Gasteiger partial charge on any atom is 0.238 e. The highest BCUT2D eigenvalue weighted by Gasteiger charge is 2.17. The highest BCUT2D eigenvalue weighted by Crippen LogP contribution is 2.13. The summed E-state index contributed by atoms with van der Waals surface area (Å²) in [4.78, 5) is 14.2. The topological polar surface area (TPSA) is 44.4 Å². The van der Waals surface area contributed by atoms with E-state index in [1.165, 1.54) is 0 Å². The molecule has 0 aliphatic carbocycles. The molecule has 0 saturated carbocycles. The summed E-state index contributed by atoms with van der Waals surface area (Å²) in [6.45, 7) is 7.44. The maximum absolute atomic E-state index is 12.0. The van der Waals surface area contributed by atoms with Gasteiger partial charge in [0.25, 0.3) is 0 Å². The monoisotopic (exact) mass is 247 g/mol. The molecule has 0 aromatic heterocycles. The van der Waals surface area contributed by atoms with Crippen molar-refractivity contribution in [2.45, 2.75) is 19.9 Å². The SMILES string of the molecule is Cc1ccccc1NC(=O)CN1CCN[C@@H](C)C1. The van der Waals surface area contributed by atoms with E-state index in [-0.39, 0.29) is 5.91 Å². The molecule has 1 heterocycles. The van der Waals surface area contributed by atoms with Crippen LogP contribution in [-0.4, -0.2) is 43.0 Å². The van der Waals surface area contributed by atoms with Gasteiger partial charge in [0, 0.05) is 31.4 Å². The number of benzene rings is 1. The van der Waals surface area contributed by atoms with Gasteiger partial charge in [-0.05, 0) is 25.5 Å². The third-order valence-electron chi connectivity index (χ3n) is 3.24. The highest BCUT2D eigenvalue weighted by molar-refractivity contribution is 5.92. The molecule has 1 aromatic rings. The lowest BCUT2D eigenvalue weighted by Crippen LogP contribution is -2.51. The number of aryl methyl sites for hydroxylation is 1. The zero-order valence-corrected chi connectivity index (χ0v) is 11.1. The molecule has 1 aromatic carbocycles. The Morgan fingerprint density at radius 3 is 3.00 bits per heavy atom. The second-order valence-electron chi connectivity index (χ2n) is 4.95. The molecule has 18 heavy (non-hydrogen) atoms. The van der Waals surface area contributed by atoms with Crippen LogP contribution in [0, 0.1) is 6.92 Å². The molecule has 1 amide bonds.